The van der Waals surface area contributed by atoms with E-state index in [0.29, 0.717) is 6.54 Å². The molecule has 6 nitrogen and oxygen atoms in total. The van der Waals surface area contributed by atoms with Gasteiger partial charge in [0.25, 0.3) is 5.91 Å². The van der Waals surface area contributed by atoms with Gasteiger partial charge in [-0.25, -0.2) is 4.79 Å². The highest BCUT2D eigenvalue weighted by molar-refractivity contribution is 5.94. The van der Waals surface area contributed by atoms with Crippen molar-refractivity contribution in [3.63, 3.8) is 0 Å². The molecule has 0 heterocycles. The molecule has 0 saturated heterocycles. The van der Waals surface area contributed by atoms with E-state index in [0.717, 1.165) is 0 Å². The van der Waals surface area contributed by atoms with E-state index in [1.165, 1.54) is 0 Å². The second kappa shape index (κ2) is 6.38. The lowest BCUT2D eigenvalue weighted by atomic mass is 10.4. The number of urea groups is 1. The molecule has 0 radical (unpaired) electrons. The Labute approximate surface area is 76.8 Å². The zero-order valence-corrected chi connectivity index (χ0v) is 7.79. The second-order valence-electron chi connectivity index (χ2n) is 2.59. The first-order valence-corrected chi connectivity index (χ1v) is 3.91. The van der Waals surface area contributed by atoms with Gasteiger partial charge in [-0.1, -0.05) is 0 Å². The number of carbonyl (C=O) groups excluding carboxylic acids is 2. The van der Waals surface area contributed by atoms with Crippen LogP contribution in [-0.4, -0.2) is 38.2 Å². The van der Waals surface area contributed by atoms with Crippen LogP contribution in [-0.2, 0) is 9.53 Å². The molecule has 1 unspecified atom stereocenters. The molecule has 0 fully saturated rings. The average molecular weight is 189 g/mol. The van der Waals surface area contributed by atoms with Crippen LogP contribution in [0.4, 0.5) is 4.79 Å². The van der Waals surface area contributed by atoms with Gasteiger partial charge in [-0.15, -0.1) is 0 Å². The number of amides is 3. The fraction of sp³-hybridized carbons (Fsp3) is 0.714. The van der Waals surface area contributed by atoms with Crippen LogP contribution in [0.15, 0.2) is 0 Å². The number of carbonyl (C=O) groups is 2. The smallest absolute Gasteiger partial charge is 0.318 e. The molecule has 0 aromatic carbocycles. The predicted octanol–water partition coefficient (Wildman–Crippen LogP) is -1.19. The maximum atomic E-state index is 10.8. The molecule has 76 valence electrons. The van der Waals surface area contributed by atoms with Crippen molar-refractivity contribution in [2.75, 3.05) is 20.2 Å². The molecule has 0 aliphatic rings. The quantitative estimate of drug-likeness (QED) is 0.506. The van der Waals surface area contributed by atoms with Gasteiger partial charge >= 0.3 is 6.03 Å². The van der Waals surface area contributed by atoms with Crippen LogP contribution in [0.2, 0.25) is 0 Å². The first kappa shape index (κ1) is 11.9. The third-order valence-electron chi connectivity index (χ3n) is 1.25. The molecule has 0 aromatic heterocycles. The molecule has 0 saturated carbocycles. The minimum atomic E-state index is -0.866. The number of likely N-dealkylation sites (N-methyl/N-ethyl adjacent to an activating group) is 1. The van der Waals surface area contributed by atoms with Crippen molar-refractivity contribution >= 4 is 11.9 Å². The lowest BCUT2D eigenvalue weighted by Gasteiger charge is -2.11. The van der Waals surface area contributed by atoms with E-state index in [9.17, 15) is 9.59 Å². The molecule has 0 aliphatic carbocycles. The molecule has 0 rings (SSSR count). The number of hydrogen-bond acceptors (Lipinski definition) is 4. The molecular formula is C7H15N3O3. The Balaban J connectivity index is 3.51. The lowest BCUT2D eigenvalue weighted by Crippen LogP contribution is -2.38. The van der Waals surface area contributed by atoms with Crippen molar-refractivity contribution < 1.29 is 14.3 Å². The minimum absolute atomic E-state index is 0.0800. The van der Waals surface area contributed by atoms with E-state index in [2.05, 4.69) is 5.32 Å². The Morgan fingerprint density at radius 1 is 1.54 bits per heavy atom. The van der Waals surface area contributed by atoms with Gasteiger partial charge in [-0.3, -0.25) is 10.1 Å². The largest absolute Gasteiger partial charge is 0.367 e. The number of imide groups is 1. The Hall–Kier alpha value is -1.14. The number of nitrogens with two attached hydrogens (primary N) is 1. The highest BCUT2D eigenvalue weighted by atomic mass is 16.5. The van der Waals surface area contributed by atoms with E-state index in [1.807, 2.05) is 12.2 Å². The van der Waals surface area contributed by atoms with E-state index < -0.39 is 11.9 Å². The Morgan fingerprint density at radius 3 is 2.62 bits per heavy atom. The molecule has 0 spiro atoms. The summed E-state index contributed by atoms with van der Waals surface area (Å²) in [4.78, 5) is 21.0. The van der Waals surface area contributed by atoms with Gasteiger partial charge in [0, 0.05) is 6.54 Å². The summed E-state index contributed by atoms with van der Waals surface area (Å²) in [5.74, 6) is -0.532. The van der Waals surface area contributed by atoms with Gasteiger partial charge in [-0.2, -0.15) is 0 Å². The van der Waals surface area contributed by atoms with E-state index >= 15 is 0 Å². The van der Waals surface area contributed by atoms with Crippen molar-refractivity contribution in [3.05, 3.63) is 0 Å². The van der Waals surface area contributed by atoms with Crippen LogP contribution in [0.3, 0.4) is 0 Å². The van der Waals surface area contributed by atoms with E-state index in [-0.39, 0.29) is 12.7 Å². The van der Waals surface area contributed by atoms with Crippen LogP contribution in [0.25, 0.3) is 0 Å². The summed E-state index contributed by atoms with van der Waals surface area (Å²) >= 11 is 0. The molecule has 0 aliphatic heterocycles. The van der Waals surface area contributed by atoms with Crippen LogP contribution in [0, 0.1) is 0 Å². The predicted molar refractivity (Wildman–Crippen MR) is 47.1 cm³/mol. The standard InChI is InChI=1S/C7H15N3O3/c1-5(3-9-2)13-4-6(11)10-7(8)12/h5,9H,3-4H2,1-2H3,(H3,8,10,11,12). The number of primary amides is 1. The normalized spacial score (nSPS) is 12.2. The third kappa shape index (κ3) is 7.23. The summed E-state index contributed by atoms with van der Waals surface area (Å²) in [6, 6.07) is -0.866. The summed E-state index contributed by atoms with van der Waals surface area (Å²) in [6.07, 6.45) is -0.0800. The SMILES string of the molecule is CNCC(C)OCC(=O)NC(N)=O. The molecule has 4 N–H and O–H groups in total. The molecule has 6 heteroatoms. The van der Waals surface area contributed by atoms with Crippen molar-refractivity contribution in [1.82, 2.24) is 10.6 Å². The first-order chi connectivity index (χ1) is 6.06. The molecule has 0 bridgehead atoms. The van der Waals surface area contributed by atoms with E-state index in [4.69, 9.17) is 10.5 Å². The van der Waals surface area contributed by atoms with Gasteiger partial charge in [-0.05, 0) is 14.0 Å². The van der Waals surface area contributed by atoms with Gasteiger partial charge in [0.05, 0.1) is 6.10 Å². The fourth-order valence-electron chi connectivity index (χ4n) is 0.738. The fourth-order valence-corrected chi connectivity index (χ4v) is 0.738. The molecule has 3 amide bonds. The molecule has 13 heavy (non-hydrogen) atoms. The number of ether oxygens (including phenoxy) is 1. The molecule has 0 aromatic rings. The summed E-state index contributed by atoms with van der Waals surface area (Å²) < 4.78 is 5.06. The summed E-state index contributed by atoms with van der Waals surface area (Å²) in [7, 11) is 1.78. The summed E-state index contributed by atoms with van der Waals surface area (Å²) in [5, 5.41) is 4.78. The van der Waals surface area contributed by atoms with Crippen molar-refractivity contribution in [2.24, 2.45) is 5.73 Å². The highest BCUT2D eigenvalue weighted by Crippen LogP contribution is 1.87. The number of rotatable bonds is 5. The Bertz CT molecular complexity index is 184. The van der Waals surface area contributed by atoms with Gasteiger partial charge in [0.2, 0.25) is 0 Å². The number of nitrogens with one attached hydrogen (secondary N) is 2. The van der Waals surface area contributed by atoms with Crippen molar-refractivity contribution in [3.8, 4) is 0 Å². The monoisotopic (exact) mass is 189 g/mol. The van der Waals surface area contributed by atoms with Crippen molar-refractivity contribution in [1.29, 1.82) is 0 Å². The van der Waals surface area contributed by atoms with Crippen LogP contribution >= 0.6 is 0 Å². The minimum Gasteiger partial charge on any atom is -0.367 e. The van der Waals surface area contributed by atoms with Crippen LogP contribution in [0.1, 0.15) is 6.92 Å². The molecular weight excluding hydrogens is 174 g/mol. The molecule has 1 atom stereocenters. The highest BCUT2D eigenvalue weighted by Gasteiger charge is 2.06. The van der Waals surface area contributed by atoms with Gasteiger partial charge in [0.1, 0.15) is 6.61 Å². The topological polar surface area (TPSA) is 93.4 Å². The van der Waals surface area contributed by atoms with Crippen molar-refractivity contribution in [2.45, 2.75) is 13.0 Å². The third-order valence-corrected chi connectivity index (χ3v) is 1.25. The number of hydrogen-bond donors (Lipinski definition) is 3. The Morgan fingerprint density at radius 2 is 2.15 bits per heavy atom. The maximum absolute atomic E-state index is 10.8. The zero-order valence-electron chi connectivity index (χ0n) is 7.79. The maximum Gasteiger partial charge on any atom is 0.318 e. The summed E-state index contributed by atoms with van der Waals surface area (Å²) in [6.45, 7) is 2.30. The average Bonchev–Trinajstić information content (AvgIpc) is 2.00. The lowest BCUT2D eigenvalue weighted by molar-refractivity contribution is -0.126. The van der Waals surface area contributed by atoms with Crippen LogP contribution < -0.4 is 16.4 Å². The van der Waals surface area contributed by atoms with E-state index in [1.54, 1.807) is 7.05 Å². The Kier molecular flexibility index (Phi) is 5.82. The summed E-state index contributed by atoms with van der Waals surface area (Å²) in [5.41, 5.74) is 4.72. The first-order valence-electron chi connectivity index (χ1n) is 3.91. The van der Waals surface area contributed by atoms with Crippen LogP contribution in [0.5, 0.6) is 0 Å². The second-order valence-corrected chi connectivity index (χ2v) is 2.59. The zero-order chi connectivity index (χ0) is 10.3. The van der Waals surface area contributed by atoms with Gasteiger partial charge in [0.15, 0.2) is 0 Å². The van der Waals surface area contributed by atoms with Gasteiger partial charge < -0.3 is 15.8 Å².